The van der Waals surface area contributed by atoms with Gasteiger partial charge in [0.15, 0.2) is 5.82 Å². The van der Waals surface area contributed by atoms with Gasteiger partial charge in [-0.25, -0.2) is 0 Å². The van der Waals surface area contributed by atoms with Crippen LogP contribution in [0.4, 0.5) is 11.8 Å². The lowest BCUT2D eigenvalue weighted by Gasteiger charge is -2.05. The zero-order chi connectivity index (χ0) is 12.5. The van der Waals surface area contributed by atoms with Crippen LogP contribution in [0.5, 0.6) is 0 Å². The number of aromatic nitrogens is 3. The molecule has 0 aliphatic heterocycles. The first-order valence-electron chi connectivity index (χ1n) is 5.49. The molecule has 0 bridgehead atoms. The molecule has 1 aromatic heterocycles. The van der Waals surface area contributed by atoms with Crippen molar-refractivity contribution in [3.8, 4) is 11.3 Å². The highest BCUT2D eigenvalue weighted by atomic mass is 15.2. The summed E-state index contributed by atoms with van der Waals surface area (Å²) in [6.45, 7) is 0. The first-order valence-corrected chi connectivity index (χ1v) is 5.49. The van der Waals surface area contributed by atoms with E-state index in [-0.39, 0.29) is 11.8 Å². The molecule has 5 heteroatoms. The van der Waals surface area contributed by atoms with Crippen LogP contribution in [0.3, 0.4) is 0 Å². The summed E-state index contributed by atoms with van der Waals surface area (Å²) < 4.78 is 0. The van der Waals surface area contributed by atoms with Crippen molar-refractivity contribution < 1.29 is 0 Å². The molecule has 18 heavy (non-hydrogen) atoms. The maximum atomic E-state index is 5.80. The van der Waals surface area contributed by atoms with Gasteiger partial charge in [0.1, 0.15) is 5.69 Å². The molecule has 0 atom stereocenters. The van der Waals surface area contributed by atoms with Crippen molar-refractivity contribution in [2.75, 3.05) is 11.5 Å². The largest absolute Gasteiger partial charge is 0.382 e. The minimum atomic E-state index is 0.0806. The quantitative estimate of drug-likeness (QED) is 0.674. The highest BCUT2D eigenvalue weighted by Crippen LogP contribution is 2.25. The van der Waals surface area contributed by atoms with Crippen molar-refractivity contribution in [1.82, 2.24) is 15.2 Å². The maximum Gasteiger partial charge on any atom is 0.242 e. The van der Waals surface area contributed by atoms with Gasteiger partial charge in [0.25, 0.3) is 0 Å². The van der Waals surface area contributed by atoms with E-state index >= 15 is 0 Å². The monoisotopic (exact) mass is 237 g/mol. The number of anilines is 2. The van der Waals surface area contributed by atoms with Gasteiger partial charge in [-0.3, -0.25) is 0 Å². The summed E-state index contributed by atoms with van der Waals surface area (Å²) in [5.74, 6) is 0.370. The summed E-state index contributed by atoms with van der Waals surface area (Å²) in [4.78, 5) is 3.91. The molecule has 0 saturated carbocycles. The molecule has 4 N–H and O–H groups in total. The van der Waals surface area contributed by atoms with E-state index in [1.165, 1.54) is 0 Å². The van der Waals surface area contributed by atoms with Gasteiger partial charge in [-0.1, -0.05) is 36.4 Å². The van der Waals surface area contributed by atoms with Crippen LogP contribution in [0.1, 0.15) is 0 Å². The Morgan fingerprint density at radius 3 is 2.39 bits per heavy atom. The first-order chi connectivity index (χ1) is 8.74. The summed E-state index contributed by atoms with van der Waals surface area (Å²) in [6, 6.07) is 14.0. The topological polar surface area (TPSA) is 90.7 Å². The zero-order valence-electron chi connectivity index (χ0n) is 9.54. The maximum absolute atomic E-state index is 5.80. The molecular formula is C13H11N5. The van der Waals surface area contributed by atoms with Crippen LogP contribution >= 0.6 is 0 Å². The molecule has 0 amide bonds. The fraction of sp³-hybridized carbons (Fsp3) is 0. The predicted molar refractivity (Wildman–Crippen MR) is 71.6 cm³/mol. The Balaban J connectivity index is 2.19. The second kappa shape index (κ2) is 3.96. The normalized spacial score (nSPS) is 10.7. The van der Waals surface area contributed by atoms with Gasteiger partial charge in [-0.15, -0.1) is 10.2 Å². The molecule has 0 aliphatic rings. The molecule has 0 saturated heterocycles. The number of benzene rings is 2. The number of nitrogens with two attached hydrogens (primary N) is 2. The van der Waals surface area contributed by atoms with Gasteiger partial charge in [-0.05, 0) is 16.8 Å². The van der Waals surface area contributed by atoms with Crippen molar-refractivity contribution in [2.24, 2.45) is 0 Å². The summed E-state index contributed by atoms with van der Waals surface area (Å²) in [5.41, 5.74) is 12.7. The fourth-order valence-electron chi connectivity index (χ4n) is 1.89. The summed E-state index contributed by atoms with van der Waals surface area (Å²) in [6.07, 6.45) is 0. The third kappa shape index (κ3) is 1.71. The molecule has 1 heterocycles. The van der Waals surface area contributed by atoms with E-state index in [0.29, 0.717) is 5.69 Å². The Kier molecular flexibility index (Phi) is 2.30. The van der Waals surface area contributed by atoms with Crippen molar-refractivity contribution in [1.29, 1.82) is 0 Å². The fourth-order valence-corrected chi connectivity index (χ4v) is 1.89. The lowest BCUT2D eigenvalue weighted by Crippen LogP contribution is -2.04. The van der Waals surface area contributed by atoms with Crippen molar-refractivity contribution in [3.05, 3.63) is 42.5 Å². The minimum Gasteiger partial charge on any atom is -0.382 e. The Bertz CT molecular complexity index is 723. The van der Waals surface area contributed by atoms with Crippen LogP contribution in [0.25, 0.3) is 22.0 Å². The lowest BCUT2D eigenvalue weighted by molar-refractivity contribution is 1.000. The van der Waals surface area contributed by atoms with E-state index in [4.69, 9.17) is 11.5 Å². The summed E-state index contributed by atoms with van der Waals surface area (Å²) in [5, 5.41) is 10.0. The molecule has 0 aliphatic carbocycles. The number of fused-ring (bicyclic) bond motifs is 1. The molecule has 2 aromatic carbocycles. The number of hydrogen-bond acceptors (Lipinski definition) is 5. The molecule has 3 rings (SSSR count). The Hall–Kier alpha value is -2.69. The van der Waals surface area contributed by atoms with E-state index in [2.05, 4.69) is 21.2 Å². The molecular weight excluding hydrogens is 226 g/mol. The lowest BCUT2D eigenvalue weighted by atomic mass is 10.1. The van der Waals surface area contributed by atoms with Crippen LogP contribution in [-0.2, 0) is 0 Å². The van der Waals surface area contributed by atoms with E-state index in [1.54, 1.807) is 0 Å². The minimum absolute atomic E-state index is 0.0806. The molecule has 3 aromatic rings. The smallest absolute Gasteiger partial charge is 0.242 e. The van der Waals surface area contributed by atoms with E-state index in [0.717, 1.165) is 16.3 Å². The highest BCUT2D eigenvalue weighted by molar-refractivity contribution is 5.88. The average molecular weight is 237 g/mol. The van der Waals surface area contributed by atoms with Gasteiger partial charge in [0.05, 0.1) is 0 Å². The number of nitrogens with zero attached hydrogens (tertiary/aromatic N) is 3. The molecule has 0 radical (unpaired) electrons. The van der Waals surface area contributed by atoms with E-state index < -0.39 is 0 Å². The van der Waals surface area contributed by atoms with E-state index in [1.807, 2.05) is 36.4 Å². The van der Waals surface area contributed by atoms with Crippen LogP contribution in [-0.4, -0.2) is 15.2 Å². The van der Waals surface area contributed by atoms with Gasteiger partial charge < -0.3 is 11.5 Å². The molecule has 0 fully saturated rings. The van der Waals surface area contributed by atoms with Gasteiger partial charge in [0.2, 0.25) is 5.95 Å². The SMILES string of the molecule is Nc1nnc(-c2ccc3ccccc3c2)c(N)n1. The van der Waals surface area contributed by atoms with E-state index in [9.17, 15) is 0 Å². The molecule has 88 valence electrons. The number of nitrogen functional groups attached to an aromatic ring is 2. The summed E-state index contributed by atoms with van der Waals surface area (Å²) >= 11 is 0. The standard InChI is InChI=1S/C13H11N5/c14-12-11(17-18-13(15)16-12)10-6-5-8-3-1-2-4-9(8)7-10/h1-7H,(H4,14,15,16,18). The van der Waals surface area contributed by atoms with Crippen LogP contribution < -0.4 is 11.5 Å². The van der Waals surface area contributed by atoms with Gasteiger partial charge in [0, 0.05) is 5.56 Å². The molecule has 0 spiro atoms. The third-order valence-corrected chi connectivity index (χ3v) is 2.75. The van der Waals surface area contributed by atoms with Crippen molar-refractivity contribution >= 4 is 22.5 Å². The van der Waals surface area contributed by atoms with Crippen LogP contribution in [0.15, 0.2) is 42.5 Å². The predicted octanol–water partition coefficient (Wildman–Crippen LogP) is 1.86. The van der Waals surface area contributed by atoms with Gasteiger partial charge in [-0.2, -0.15) is 4.98 Å². The van der Waals surface area contributed by atoms with Crippen molar-refractivity contribution in [2.45, 2.75) is 0 Å². The Morgan fingerprint density at radius 1 is 0.833 bits per heavy atom. The Morgan fingerprint density at radius 2 is 1.61 bits per heavy atom. The van der Waals surface area contributed by atoms with Gasteiger partial charge >= 0.3 is 0 Å². The third-order valence-electron chi connectivity index (χ3n) is 2.75. The second-order valence-electron chi connectivity index (χ2n) is 3.97. The van der Waals surface area contributed by atoms with Crippen molar-refractivity contribution in [3.63, 3.8) is 0 Å². The second-order valence-corrected chi connectivity index (χ2v) is 3.97. The molecule has 0 unspecified atom stereocenters. The van der Waals surface area contributed by atoms with Crippen LogP contribution in [0, 0.1) is 0 Å². The highest BCUT2D eigenvalue weighted by Gasteiger charge is 2.07. The Labute approximate surface area is 103 Å². The van der Waals surface area contributed by atoms with Crippen LogP contribution in [0.2, 0.25) is 0 Å². The first kappa shape index (κ1) is 10.5. The average Bonchev–Trinajstić information content (AvgIpc) is 2.38. The summed E-state index contributed by atoms with van der Waals surface area (Å²) in [7, 11) is 0. The number of rotatable bonds is 1. The zero-order valence-corrected chi connectivity index (χ0v) is 9.54. The molecule has 5 nitrogen and oxygen atoms in total. The number of hydrogen-bond donors (Lipinski definition) is 2.